The molecule has 0 aromatic heterocycles. The van der Waals surface area contributed by atoms with E-state index in [4.69, 9.17) is 5.11 Å². The monoisotopic (exact) mass is 370 g/mol. The van der Waals surface area contributed by atoms with Crippen molar-refractivity contribution in [3.05, 3.63) is 72.9 Å². The van der Waals surface area contributed by atoms with Gasteiger partial charge < -0.3 is 5.11 Å². The molecule has 0 aliphatic carbocycles. The summed E-state index contributed by atoms with van der Waals surface area (Å²) in [6.07, 6.45) is 31.0. The summed E-state index contributed by atoms with van der Waals surface area (Å²) in [5, 5.41) is 8.52. The van der Waals surface area contributed by atoms with Crippen molar-refractivity contribution in [3.63, 3.8) is 0 Å². The molecule has 27 heavy (non-hydrogen) atoms. The molecule has 3 nitrogen and oxygen atoms in total. The molecule has 0 aromatic carbocycles. The minimum atomic E-state index is -0.809. The van der Waals surface area contributed by atoms with Crippen molar-refractivity contribution >= 4 is 11.8 Å². The first kappa shape index (κ1) is 24.6. The van der Waals surface area contributed by atoms with E-state index in [2.05, 4.69) is 55.5 Å². The van der Waals surface area contributed by atoms with Gasteiger partial charge in [-0.2, -0.15) is 0 Å². The average molecular weight is 371 g/mol. The minimum Gasteiger partial charge on any atom is -0.481 e. The van der Waals surface area contributed by atoms with Crippen LogP contribution in [-0.4, -0.2) is 16.9 Å². The van der Waals surface area contributed by atoms with Crippen molar-refractivity contribution in [1.82, 2.24) is 0 Å². The van der Waals surface area contributed by atoms with Crippen LogP contribution in [0.3, 0.4) is 0 Å². The van der Waals surface area contributed by atoms with Gasteiger partial charge in [0, 0.05) is 12.8 Å². The fourth-order valence-electron chi connectivity index (χ4n) is 2.13. The van der Waals surface area contributed by atoms with Gasteiger partial charge in [0.15, 0.2) is 5.78 Å². The summed E-state index contributed by atoms with van der Waals surface area (Å²) in [7, 11) is 0. The standard InChI is InChI=1S/C24H34O3/c1-2-3-4-5-6-7-8-9-10-11-12-13-14-15-16-17-20-23(25)21-18-19-22-24(26)27/h3-4,6-7,9-10,12-13,15-17,20H,2,5,8,11,14,18-19,21-22H2,1H3,(H,26,27)/b4-3-,7-6-,10-9-,13-12-,16-15-,20-17+. The van der Waals surface area contributed by atoms with E-state index >= 15 is 0 Å². The first-order valence-corrected chi connectivity index (χ1v) is 9.84. The normalized spacial score (nSPS) is 12.8. The molecule has 0 unspecified atom stereocenters. The van der Waals surface area contributed by atoms with Gasteiger partial charge in [-0.3, -0.25) is 9.59 Å². The van der Waals surface area contributed by atoms with Crippen LogP contribution >= 0.6 is 0 Å². The van der Waals surface area contributed by atoms with E-state index in [1.54, 1.807) is 12.2 Å². The second kappa shape index (κ2) is 19.9. The third kappa shape index (κ3) is 21.5. The Labute approximate surface area is 164 Å². The molecule has 0 amide bonds. The van der Waals surface area contributed by atoms with Gasteiger partial charge in [0.05, 0.1) is 0 Å². The van der Waals surface area contributed by atoms with Crippen LogP contribution in [0.2, 0.25) is 0 Å². The van der Waals surface area contributed by atoms with Crippen molar-refractivity contribution < 1.29 is 14.7 Å². The van der Waals surface area contributed by atoms with Crippen molar-refractivity contribution in [2.45, 2.75) is 64.7 Å². The number of hydrogen-bond donors (Lipinski definition) is 1. The Morgan fingerprint density at radius 3 is 1.67 bits per heavy atom. The Hall–Kier alpha value is -2.42. The molecule has 0 aromatic rings. The van der Waals surface area contributed by atoms with E-state index in [0.29, 0.717) is 19.3 Å². The molecule has 0 radical (unpaired) electrons. The molecule has 3 heteroatoms. The number of allylic oxidation sites excluding steroid dienone is 12. The highest BCUT2D eigenvalue weighted by Crippen LogP contribution is 2.01. The summed E-state index contributed by atoms with van der Waals surface area (Å²) in [5.74, 6) is -0.766. The lowest BCUT2D eigenvalue weighted by Gasteiger charge is -1.94. The van der Waals surface area contributed by atoms with Crippen LogP contribution < -0.4 is 0 Å². The van der Waals surface area contributed by atoms with Gasteiger partial charge in [0.25, 0.3) is 0 Å². The molecular formula is C24H34O3. The lowest BCUT2D eigenvalue weighted by Crippen LogP contribution is -1.96. The number of ketones is 1. The van der Waals surface area contributed by atoms with Crippen LogP contribution in [0, 0.1) is 0 Å². The molecular weight excluding hydrogens is 336 g/mol. The van der Waals surface area contributed by atoms with Crippen LogP contribution in [0.1, 0.15) is 64.7 Å². The third-order valence-corrected chi connectivity index (χ3v) is 3.58. The molecule has 0 atom stereocenters. The molecule has 1 N–H and O–H groups in total. The SMILES string of the molecule is CC/C=C\C/C=C\C/C=C\C/C=C\C/C=C\C=C\C(=O)CCCCC(=O)O. The van der Waals surface area contributed by atoms with E-state index in [1.165, 1.54) is 0 Å². The molecule has 0 saturated heterocycles. The van der Waals surface area contributed by atoms with Crippen molar-refractivity contribution in [2.75, 3.05) is 0 Å². The number of hydrogen-bond acceptors (Lipinski definition) is 2. The zero-order valence-corrected chi connectivity index (χ0v) is 16.6. The van der Waals surface area contributed by atoms with E-state index in [-0.39, 0.29) is 12.2 Å². The molecule has 0 aliphatic rings. The predicted octanol–water partition coefficient (Wildman–Crippen LogP) is 6.51. The molecule has 0 aliphatic heterocycles. The smallest absolute Gasteiger partial charge is 0.303 e. The molecule has 148 valence electrons. The van der Waals surface area contributed by atoms with E-state index in [9.17, 15) is 9.59 Å². The number of carboxylic acids is 1. The molecule has 0 heterocycles. The topological polar surface area (TPSA) is 54.4 Å². The number of rotatable bonds is 16. The Balaban J connectivity index is 3.66. The number of carboxylic acid groups (broad SMARTS) is 1. The van der Waals surface area contributed by atoms with E-state index < -0.39 is 5.97 Å². The van der Waals surface area contributed by atoms with Gasteiger partial charge in [-0.15, -0.1) is 0 Å². The second-order valence-corrected chi connectivity index (χ2v) is 6.09. The third-order valence-electron chi connectivity index (χ3n) is 3.58. The Morgan fingerprint density at radius 2 is 1.15 bits per heavy atom. The predicted molar refractivity (Wildman–Crippen MR) is 115 cm³/mol. The Morgan fingerprint density at radius 1 is 0.667 bits per heavy atom. The largest absolute Gasteiger partial charge is 0.481 e. The lowest BCUT2D eigenvalue weighted by atomic mass is 10.1. The zero-order chi connectivity index (χ0) is 20.0. The number of aliphatic carboxylic acids is 1. The minimum absolute atomic E-state index is 0.0427. The maximum atomic E-state index is 11.5. The summed E-state index contributed by atoms with van der Waals surface area (Å²) in [4.78, 5) is 21.9. The summed E-state index contributed by atoms with van der Waals surface area (Å²) >= 11 is 0. The van der Waals surface area contributed by atoms with Gasteiger partial charge in [0.1, 0.15) is 0 Å². The summed E-state index contributed by atoms with van der Waals surface area (Å²) in [6, 6.07) is 0. The quantitative estimate of drug-likeness (QED) is 0.146. The van der Waals surface area contributed by atoms with Crippen LogP contribution in [0.15, 0.2) is 72.9 Å². The van der Waals surface area contributed by atoms with Crippen LogP contribution in [0.25, 0.3) is 0 Å². The van der Waals surface area contributed by atoms with Crippen molar-refractivity contribution in [1.29, 1.82) is 0 Å². The van der Waals surface area contributed by atoms with E-state index in [0.717, 1.165) is 32.1 Å². The summed E-state index contributed by atoms with van der Waals surface area (Å²) < 4.78 is 0. The Kier molecular flexibility index (Phi) is 18.1. The average Bonchev–Trinajstić information content (AvgIpc) is 2.64. The van der Waals surface area contributed by atoms with Gasteiger partial charge in [-0.1, -0.05) is 73.8 Å². The molecule has 0 bridgehead atoms. The maximum absolute atomic E-state index is 11.5. The number of carbonyl (C=O) groups excluding carboxylic acids is 1. The van der Waals surface area contributed by atoms with E-state index in [1.807, 2.05) is 12.2 Å². The van der Waals surface area contributed by atoms with Gasteiger partial charge in [0.2, 0.25) is 0 Å². The molecule has 0 rings (SSSR count). The lowest BCUT2D eigenvalue weighted by molar-refractivity contribution is -0.137. The maximum Gasteiger partial charge on any atom is 0.303 e. The highest BCUT2D eigenvalue weighted by atomic mass is 16.4. The second-order valence-electron chi connectivity index (χ2n) is 6.09. The summed E-state index contributed by atoms with van der Waals surface area (Å²) in [5.41, 5.74) is 0. The first-order valence-electron chi connectivity index (χ1n) is 9.84. The Bertz CT molecular complexity index is 560. The summed E-state index contributed by atoms with van der Waals surface area (Å²) in [6.45, 7) is 2.14. The number of carbonyl (C=O) groups is 2. The van der Waals surface area contributed by atoms with Gasteiger partial charge in [-0.05, 0) is 51.0 Å². The molecule has 0 spiro atoms. The van der Waals surface area contributed by atoms with Gasteiger partial charge >= 0.3 is 5.97 Å². The van der Waals surface area contributed by atoms with Crippen molar-refractivity contribution in [2.24, 2.45) is 0 Å². The molecule has 0 fully saturated rings. The highest BCUT2D eigenvalue weighted by molar-refractivity contribution is 5.89. The van der Waals surface area contributed by atoms with Crippen LogP contribution in [0.4, 0.5) is 0 Å². The first-order chi connectivity index (χ1) is 13.2. The highest BCUT2D eigenvalue weighted by Gasteiger charge is 1.99. The zero-order valence-electron chi connectivity index (χ0n) is 16.6. The fraction of sp³-hybridized carbons (Fsp3) is 0.417. The van der Waals surface area contributed by atoms with Crippen LogP contribution in [0.5, 0.6) is 0 Å². The fourth-order valence-corrected chi connectivity index (χ4v) is 2.13. The molecule has 0 saturated carbocycles. The van der Waals surface area contributed by atoms with Gasteiger partial charge in [-0.25, -0.2) is 0 Å². The number of unbranched alkanes of at least 4 members (excludes halogenated alkanes) is 1. The van der Waals surface area contributed by atoms with Crippen LogP contribution in [-0.2, 0) is 9.59 Å². The van der Waals surface area contributed by atoms with Crippen molar-refractivity contribution in [3.8, 4) is 0 Å².